The van der Waals surface area contributed by atoms with E-state index in [1.165, 1.54) is 57.9 Å². The Morgan fingerprint density at radius 1 is 0.960 bits per heavy atom. The van der Waals surface area contributed by atoms with Crippen molar-refractivity contribution in [3.8, 4) is 0 Å². The first-order chi connectivity index (χ1) is 12.4. The van der Waals surface area contributed by atoms with Crippen molar-refractivity contribution in [3.63, 3.8) is 0 Å². The molecule has 5 heteroatoms. The predicted molar refractivity (Wildman–Crippen MR) is 99.9 cm³/mol. The summed E-state index contributed by atoms with van der Waals surface area (Å²) >= 11 is 0. The van der Waals surface area contributed by atoms with Crippen LogP contribution in [0.5, 0.6) is 0 Å². The number of morpholine rings is 2. The molecule has 0 radical (unpaired) electrons. The van der Waals surface area contributed by atoms with E-state index in [2.05, 4.69) is 15.5 Å². The van der Waals surface area contributed by atoms with E-state index in [1.807, 2.05) is 0 Å². The van der Waals surface area contributed by atoms with Crippen molar-refractivity contribution in [2.75, 3.05) is 52.6 Å². The Kier molecular flexibility index (Phi) is 6.30. The Balaban J connectivity index is 1.38. The van der Waals surface area contributed by atoms with Crippen molar-refractivity contribution in [1.29, 1.82) is 0 Å². The number of nitrogens with zero attached hydrogens (tertiary/aromatic N) is 1. The molecule has 2 saturated heterocycles. The molecular weight excluding hydrogens is 314 g/mol. The van der Waals surface area contributed by atoms with Crippen LogP contribution in [-0.4, -0.2) is 75.1 Å². The molecule has 0 aromatic carbocycles. The summed E-state index contributed by atoms with van der Waals surface area (Å²) in [5, 5.41) is 7.77. The fraction of sp³-hybridized carbons (Fsp3) is 1.00. The highest BCUT2D eigenvalue weighted by Crippen LogP contribution is 2.35. The van der Waals surface area contributed by atoms with Gasteiger partial charge in [0.25, 0.3) is 0 Å². The van der Waals surface area contributed by atoms with Crippen LogP contribution in [0.15, 0.2) is 0 Å². The molecule has 2 aliphatic carbocycles. The zero-order valence-corrected chi connectivity index (χ0v) is 15.8. The van der Waals surface area contributed by atoms with Crippen molar-refractivity contribution >= 4 is 0 Å². The maximum absolute atomic E-state index is 5.74. The zero-order valence-electron chi connectivity index (χ0n) is 15.8. The largest absolute Gasteiger partial charge is 0.379 e. The van der Waals surface area contributed by atoms with E-state index in [1.54, 1.807) is 0 Å². The van der Waals surface area contributed by atoms with E-state index in [-0.39, 0.29) is 0 Å². The third-order valence-electron chi connectivity index (χ3n) is 7.20. The minimum absolute atomic E-state index is 0.381. The SMILES string of the molecule is C1CCC(CNC2CCCC2C2COCCN2)(N2CCOCC2)CC1. The topological polar surface area (TPSA) is 45.8 Å². The third-order valence-corrected chi connectivity index (χ3v) is 7.20. The van der Waals surface area contributed by atoms with Gasteiger partial charge in [0.2, 0.25) is 0 Å². The van der Waals surface area contributed by atoms with Crippen molar-refractivity contribution in [2.45, 2.75) is 69.0 Å². The van der Waals surface area contributed by atoms with E-state index in [4.69, 9.17) is 9.47 Å². The standard InChI is InChI=1S/C20H37N3O2/c1-2-7-20(8-3-1,23-10-13-24-14-11-23)16-22-18-6-4-5-17(18)19-15-25-12-9-21-19/h17-19,21-22H,1-16H2. The predicted octanol–water partition coefficient (Wildman–Crippen LogP) is 1.77. The van der Waals surface area contributed by atoms with Crippen molar-refractivity contribution in [1.82, 2.24) is 15.5 Å². The molecule has 0 bridgehead atoms. The molecule has 2 N–H and O–H groups in total. The minimum Gasteiger partial charge on any atom is -0.379 e. The van der Waals surface area contributed by atoms with Gasteiger partial charge in [-0.05, 0) is 31.6 Å². The molecule has 0 spiro atoms. The van der Waals surface area contributed by atoms with Crippen molar-refractivity contribution in [3.05, 3.63) is 0 Å². The summed E-state index contributed by atoms with van der Waals surface area (Å²) in [6.45, 7) is 8.03. The average molecular weight is 352 g/mol. The van der Waals surface area contributed by atoms with Crippen LogP contribution in [0.4, 0.5) is 0 Å². The molecular formula is C20H37N3O2. The summed E-state index contributed by atoms with van der Waals surface area (Å²) < 4.78 is 11.4. The first kappa shape index (κ1) is 18.2. The fourth-order valence-corrected chi connectivity index (χ4v) is 5.76. The molecule has 144 valence electrons. The molecule has 4 rings (SSSR count). The van der Waals surface area contributed by atoms with E-state index in [0.29, 0.717) is 17.6 Å². The molecule has 0 amide bonds. The lowest BCUT2D eigenvalue weighted by molar-refractivity contribution is -0.0386. The molecule has 3 atom stereocenters. The normalized spacial score (nSPS) is 37.2. The molecule has 2 saturated carbocycles. The van der Waals surface area contributed by atoms with Crippen LogP contribution in [0, 0.1) is 5.92 Å². The van der Waals surface area contributed by atoms with Gasteiger partial charge >= 0.3 is 0 Å². The van der Waals surface area contributed by atoms with Gasteiger partial charge in [0.15, 0.2) is 0 Å². The molecule has 0 aromatic rings. The Hall–Kier alpha value is -0.200. The van der Waals surface area contributed by atoms with E-state index in [9.17, 15) is 0 Å². The molecule has 2 heterocycles. The van der Waals surface area contributed by atoms with Crippen LogP contribution in [0.2, 0.25) is 0 Å². The number of rotatable bonds is 5. The lowest BCUT2D eigenvalue weighted by Gasteiger charge is -2.49. The second-order valence-corrected chi connectivity index (χ2v) is 8.60. The third kappa shape index (κ3) is 4.22. The number of nitrogens with one attached hydrogen (secondary N) is 2. The Bertz CT molecular complexity index is 402. The minimum atomic E-state index is 0.381. The molecule has 4 fully saturated rings. The van der Waals surface area contributed by atoms with Crippen LogP contribution >= 0.6 is 0 Å². The number of ether oxygens (including phenoxy) is 2. The highest BCUT2D eigenvalue weighted by Gasteiger charge is 2.41. The summed E-state index contributed by atoms with van der Waals surface area (Å²) in [5.41, 5.74) is 0.381. The van der Waals surface area contributed by atoms with Gasteiger partial charge in [-0.1, -0.05) is 25.7 Å². The van der Waals surface area contributed by atoms with E-state index >= 15 is 0 Å². The van der Waals surface area contributed by atoms with Gasteiger partial charge in [-0.15, -0.1) is 0 Å². The smallest absolute Gasteiger partial charge is 0.0623 e. The lowest BCUT2D eigenvalue weighted by Crippen LogP contribution is -2.61. The lowest BCUT2D eigenvalue weighted by atomic mass is 9.79. The summed E-state index contributed by atoms with van der Waals surface area (Å²) in [4.78, 5) is 2.76. The highest BCUT2D eigenvalue weighted by molar-refractivity contribution is 4.99. The molecule has 5 nitrogen and oxygen atoms in total. The van der Waals surface area contributed by atoms with Gasteiger partial charge in [0, 0.05) is 43.8 Å². The van der Waals surface area contributed by atoms with Gasteiger partial charge in [0.05, 0.1) is 26.4 Å². The first-order valence-electron chi connectivity index (χ1n) is 10.7. The van der Waals surface area contributed by atoms with Gasteiger partial charge in [-0.25, -0.2) is 0 Å². The van der Waals surface area contributed by atoms with Crippen LogP contribution in [0.3, 0.4) is 0 Å². The Morgan fingerprint density at radius 2 is 1.80 bits per heavy atom. The molecule has 25 heavy (non-hydrogen) atoms. The highest BCUT2D eigenvalue weighted by atomic mass is 16.5. The number of hydrogen-bond donors (Lipinski definition) is 2. The second kappa shape index (κ2) is 8.66. The average Bonchev–Trinajstić information content (AvgIpc) is 3.17. The quantitative estimate of drug-likeness (QED) is 0.790. The van der Waals surface area contributed by atoms with Crippen molar-refractivity contribution < 1.29 is 9.47 Å². The van der Waals surface area contributed by atoms with Crippen LogP contribution in [0.25, 0.3) is 0 Å². The van der Waals surface area contributed by atoms with E-state index < -0.39 is 0 Å². The monoisotopic (exact) mass is 351 g/mol. The van der Waals surface area contributed by atoms with Crippen molar-refractivity contribution in [2.24, 2.45) is 5.92 Å². The number of hydrogen-bond acceptors (Lipinski definition) is 5. The Labute approximate surface area is 153 Å². The summed E-state index contributed by atoms with van der Waals surface area (Å²) in [6.07, 6.45) is 11.0. The van der Waals surface area contributed by atoms with Crippen LogP contribution in [0.1, 0.15) is 51.4 Å². The maximum Gasteiger partial charge on any atom is 0.0623 e. The summed E-state index contributed by atoms with van der Waals surface area (Å²) in [6, 6.07) is 1.22. The maximum atomic E-state index is 5.74. The zero-order chi connectivity index (χ0) is 17.0. The van der Waals surface area contributed by atoms with Crippen LogP contribution < -0.4 is 10.6 Å². The van der Waals surface area contributed by atoms with Crippen LogP contribution in [-0.2, 0) is 9.47 Å². The Morgan fingerprint density at radius 3 is 2.56 bits per heavy atom. The molecule has 0 aromatic heterocycles. The van der Waals surface area contributed by atoms with Gasteiger partial charge < -0.3 is 20.1 Å². The summed E-state index contributed by atoms with van der Waals surface area (Å²) in [5.74, 6) is 0.741. The van der Waals surface area contributed by atoms with E-state index in [0.717, 1.165) is 52.0 Å². The second-order valence-electron chi connectivity index (χ2n) is 8.60. The fourth-order valence-electron chi connectivity index (χ4n) is 5.76. The van der Waals surface area contributed by atoms with Gasteiger partial charge in [0.1, 0.15) is 0 Å². The molecule has 4 aliphatic rings. The van der Waals surface area contributed by atoms with Gasteiger partial charge in [-0.3, -0.25) is 4.90 Å². The molecule has 3 unspecified atom stereocenters. The molecule has 2 aliphatic heterocycles. The van der Waals surface area contributed by atoms with Gasteiger partial charge in [-0.2, -0.15) is 0 Å². The first-order valence-corrected chi connectivity index (χ1v) is 10.7. The summed E-state index contributed by atoms with van der Waals surface area (Å²) in [7, 11) is 0.